The van der Waals surface area contributed by atoms with Crippen LogP contribution in [0.15, 0.2) is 12.3 Å². The predicted molar refractivity (Wildman–Crippen MR) is 78.0 cm³/mol. The van der Waals surface area contributed by atoms with Gasteiger partial charge in [-0.3, -0.25) is 9.78 Å². The second kappa shape index (κ2) is 6.08. The highest BCUT2D eigenvalue weighted by Gasteiger charge is 2.35. The molecule has 0 spiro atoms. The lowest BCUT2D eigenvalue weighted by Gasteiger charge is -2.27. The van der Waals surface area contributed by atoms with Gasteiger partial charge < -0.3 is 14.9 Å². The second-order valence-electron chi connectivity index (χ2n) is 5.57. The monoisotopic (exact) mass is 297 g/mol. The van der Waals surface area contributed by atoms with E-state index >= 15 is 0 Å². The van der Waals surface area contributed by atoms with E-state index < -0.39 is 6.10 Å². The lowest BCUT2D eigenvalue weighted by molar-refractivity contribution is 0.0699. The third-order valence-electron chi connectivity index (χ3n) is 3.45. The number of amides is 1. The minimum atomic E-state index is -0.471. The molecule has 20 heavy (non-hydrogen) atoms. The molecule has 2 heterocycles. The number of carbonyl (C=O) groups excluding carboxylic acids is 1. The van der Waals surface area contributed by atoms with Crippen molar-refractivity contribution in [2.45, 2.75) is 25.5 Å². The summed E-state index contributed by atoms with van der Waals surface area (Å²) in [5, 5.41) is 10.2. The maximum absolute atomic E-state index is 12.6. The zero-order chi connectivity index (χ0) is 14.9. The van der Waals surface area contributed by atoms with Gasteiger partial charge in [0.2, 0.25) is 0 Å². The van der Waals surface area contributed by atoms with Gasteiger partial charge in [-0.2, -0.15) is 0 Å². The van der Waals surface area contributed by atoms with E-state index in [1.807, 2.05) is 25.9 Å². The Hall–Kier alpha value is -1.17. The third kappa shape index (κ3) is 3.29. The van der Waals surface area contributed by atoms with Gasteiger partial charge in [0.05, 0.1) is 16.7 Å². The molecule has 6 heteroatoms. The van der Waals surface area contributed by atoms with Gasteiger partial charge in [-0.25, -0.2) is 0 Å². The minimum Gasteiger partial charge on any atom is -0.391 e. The molecule has 0 saturated carbocycles. The molecule has 110 valence electrons. The van der Waals surface area contributed by atoms with Crippen LogP contribution in [0.4, 0.5) is 0 Å². The lowest BCUT2D eigenvalue weighted by atomic mass is 10.1. The molecule has 1 aliphatic heterocycles. The maximum atomic E-state index is 12.6. The van der Waals surface area contributed by atoms with E-state index in [1.165, 1.54) is 6.20 Å². The van der Waals surface area contributed by atoms with Crippen molar-refractivity contribution in [1.29, 1.82) is 0 Å². The van der Waals surface area contributed by atoms with Crippen LogP contribution in [-0.4, -0.2) is 65.1 Å². The van der Waals surface area contributed by atoms with Crippen LogP contribution in [-0.2, 0) is 0 Å². The number of aliphatic hydroxyl groups excluding tert-OH is 1. The molecule has 2 rings (SSSR count). The Labute approximate surface area is 124 Å². The Morgan fingerprint density at radius 3 is 2.90 bits per heavy atom. The number of aromatic nitrogens is 1. The summed E-state index contributed by atoms with van der Waals surface area (Å²) in [7, 11) is 3.90. The lowest BCUT2D eigenvalue weighted by Crippen LogP contribution is -2.41. The largest absolute Gasteiger partial charge is 0.391 e. The fourth-order valence-corrected chi connectivity index (χ4v) is 2.86. The highest BCUT2D eigenvalue weighted by molar-refractivity contribution is 6.33. The Morgan fingerprint density at radius 1 is 1.60 bits per heavy atom. The molecular weight excluding hydrogens is 278 g/mol. The van der Waals surface area contributed by atoms with E-state index in [1.54, 1.807) is 11.0 Å². The average molecular weight is 298 g/mol. The number of aliphatic hydroxyl groups is 1. The number of likely N-dealkylation sites (N-methyl/N-ethyl adjacent to an activating group) is 1. The number of rotatable bonds is 3. The fourth-order valence-electron chi connectivity index (χ4n) is 2.57. The molecule has 2 atom stereocenters. The molecule has 1 saturated heterocycles. The molecular formula is C14H20ClN3O2. The van der Waals surface area contributed by atoms with E-state index in [2.05, 4.69) is 4.98 Å². The predicted octanol–water partition coefficient (Wildman–Crippen LogP) is 1.18. The number of β-amino-alcohol motifs (C(OH)–C–C–N with tert-alkyl or cyclic N) is 1. The van der Waals surface area contributed by atoms with E-state index in [0.717, 1.165) is 12.2 Å². The van der Waals surface area contributed by atoms with Crippen molar-refractivity contribution in [2.24, 2.45) is 0 Å². The van der Waals surface area contributed by atoms with E-state index in [9.17, 15) is 9.90 Å². The number of aryl methyl sites for hydroxylation is 1. The van der Waals surface area contributed by atoms with Crippen molar-refractivity contribution >= 4 is 17.5 Å². The topological polar surface area (TPSA) is 56.7 Å². The Morgan fingerprint density at radius 2 is 2.30 bits per heavy atom. The fraction of sp³-hybridized carbons (Fsp3) is 0.571. The molecule has 1 aromatic rings. The number of carbonyl (C=O) groups is 1. The highest BCUT2D eigenvalue weighted by atomic mass is 35.5. The molecule has 1 N–H and O–H groups in total. The Kier molecular flexibility index (Phi) is 4.62. The van der Waals surface area contributed by atoms with E-state index in [4.69, 9.17) is 11.6 Å². The SMILES string of the molecule is Cc1cc(Cl)c(C(=O)N2CC(O)CC2CN(C)C)cn1. The summed E-state index contributed by atoms with van der Waals surface area (Å²) in [4.78, 5) is 20.4. The number of hydrogen-bond donors (Lipinski definition) is 1. The van der Waals surface area contributed by atoms with Crippen molar-refractivity contribution in [3.05, 3.63) is 28.5 Å². The van der Waals surface area contributed by atoms with Crippen LogP contribution in [0, 0.1) is 6.92 Å². The second-order valence-corrected chi connectivity index (χ2v) is 5.98. The van der Waals surface area contributed by atoms with Crippen LogP contribution in [0.3, 0.4) is 0 Å². The van der Waals surface area contributed by atoms with Gasteiger partial charge in [-0.1, -0.05) is 11.6 Å². The summed E-state index contributed by atoms with van der Waals surface area (Å²) < 4.78 is 0. The van der Waals surface area contributed by atoms with Crippen LogP contribution < -0.4 is 0 Å². The van der Waals surface area contributed by atoms with Gasteiger partial charge in [0.1, 0.15) is 0 Å². The number of pyridine rings is 1. The molecule has 2 unspecified atom stereocenters. The summed E-state index contributed by atoms with van der Waals surface area (Å²) in [6, 6.07) is 1.69. The molecule has 0 aliphatic carbocycles. The molecule has 0 bridgehead atoms. The quantitative estimate of drug-likeness (QED) is 0.910. The third-order valence-corrected chi connectivity index (χ3v) is 3.76. The standard InChI is InChI=1S/C14H20ClN3O2/c1-9-4-13(15)12(6-16-9)14(20)18-8-11(19)5-10(18)7-17(2)3/h4,6,10-11,19H,5,7-8H2,1-3H3. The first-order valence-electron chi connectivity index (χ1n) is 6.64. The first kappa shape index (κ1) is 15.2. The molecule has 5 nitrogen and oxygen atoms in total. The normalized spacial score (nSPS) is 22.6. The summed E-state index contributed by atoms with van der Waals surface area (Å²) in [5.74, 6) is -0.161. The summed E-state index contributed by atoms with van der Waals surface area (Å²) in [5.41, 5.74) is 1.17. The summed E-state index contributed by atoms with van der Waals surface area (Å²) >= 11 is 6.13. The Balaban J connectivity index is 2.22. The van der Waals surface area contributed by atoms with Crippen LogP contribution in [0.25, 0.3) is 0 Å². The first-order valence-corrected chi connectivity index (χ1v) is 7.02. The number of likely N-dealkylation sites (tertiary alicyclic amines) is 1. The summed E-state index contributed by atoms with van der Waals surface area (Å²) in [6.07, 6.45) is 1.64. The molecule has 0 radical (unpaired) electrons. The molecule has 1 aromatic heterocycles. The number of halogens is 1. The van der Waals surface area contributed by atoms with Crippen molar-refractivity contribution in [2.75, 3.05) is 27.2 Å². The van der Waals surface area contributed by atoms with Crippen LogP contribution in [0.1, 0.15) is 22.5 Å². The summed E-state index contributed by atoms with van der Waals surface area (Å²) in [6.45, 7) is 2.90. The Bertz CT molecular complexity index is 507. The molecule has 1 aliphatic rings. The average Bonchev–Trinajstić information content (AvgIpc) is 2.68. The van der Waals surface area contributed by atoms with E-state index in [-0.39, 0.29) is 11.9 Å². The maximum Gasteiger partial charge on any atom is 0.257 e. The van der Waals surface area contributed by atoms with Crippen molar-refractivity contribution in [1.82, 2.24) is 14.8 Å². The van der Waals surface area contributed by atoms with Crippen LogP contribution >= 0.6 is 11.6 Å². The molecule has 1 fully saturated rings. The van der Waals surface area contributed by atoms with Crippen molar-refractivity contribution in [3.63, 3.8) is 0 Å². The number of nitrogens with zero attached hydrogens (tertiary/aromatic N) is 3. The zero-order valence-corrected chi connectivity index (χ0v) is 12.8. The van der Waals surface area contributed by atoms with Crippen LogP contribution in [0.2, 0.25) is 5.02 Å². The zero-order valence-electron chi connectivity index (χ0n) is 12.0. The molecule has 1 amide bonds. The smallest absolute Gasteiger partial charge is 0.257 e. The van der Waals surface area contributed by atoms with Gasteiger partial charge in [-0.05, 0) is 33.5 Å². The minimum absolute atomic E-state index is 0.00451. The van der Waals surface area contributed by atoms with Crippen molar-refractivity contribution < 1.29 is 9.90 Å². The van der Waals surface area contributed by atoms with Crippen molar-refractivity contribution in [3.8, 4) is 0 Å². The molecule has 0 aromatic carbocycles. The first-order chi connectivity index (χ1) is 9.38. The van der Waals surface area contributed by atoms with Gasteiger partial charge in [-0.15, -0.1) is 0 Å². The van der Waals surface area contributed by atoms with E-state index in [0.29, 0.717) is 23.6 Å². The van der Waals surface area contributed by atoms with Gasteiger partial charge in [0.15, 0.2) is 0 Å². The van der Waals surface area contributed by atoms with Gasteiger partial charge in [0, 0.05) is 31.0 Å². The number of hydrogen-bond acceptors (Lipinski definition) is 4. The van der Waals surface area contributed by atoms with Gasteiger partial charge >= 0.3 is 0 Å². The highest BCUT2D eigenvalue weighted by Crippen LogP contribution is 2.24. The van der Waals surface area contributed by atoms with Crippen LogP contribution in [0.5, 0.6) is 0 Å². The van der Waals surface area contributed by atoms with Gasteiger partial charge in [0.25, 0.3) is 5.91 Å².